The third kappa shape index (κ3) is 5.99. The van der Waals surface area contributed by atoms with Gasteiger partial charge in [0, 0.05) is 0 Å². The molecule has 0 N–H and O–H groups in total. The first-order valence-corrected chi connectivity index (χ1v) is 8.74. The summed E-state index contributed by atoms with van der Waals surface area (Å²) < 4.78 is 6.26. The third-order valence-corrected chi connectivity index (χ3v) is 5.06. The zero-order valence-corrected chi connectivity index (χ0v) is 14.5. The molecule has 20 heavy (non-hydrogen) atoms. The summed E-state index contributed by atoms with van der Waals surface area (Å²) in [6.07, 6.45) is 10.0. The van der Waals surface area contributed by atoms with Gasteiger partial charge in [0.05, 0.1) is 12.2 Å². The summed E-state index contributed by atoms with van der Waals surface area (Å²) in [6, 6.07) is 0. The lowest BCUT2D eigenvalue weighted by Gasteiger charge is -2.21. The standard InChI is InChI=1S/C19H36O/c1-7-8-9-18-13-17(6)19(20-18)11-10-15(4)12-16(5)14(2)3/h15-19H,2,7-13H2,1,3-6H3/t15?,16?,17?,18-,19?/m0/s1. The second-order valence-corrected chi connectivity index (χ2v) is 7.32. The molecule has 4 unspecified atom stereocenters. The molecule has 0 saturated carbocycles. The van der Waals surface area contributed by atoms with Crippen LogP contribution in [0.1, 0.15) is 79.6 Å². The Morgan fingerprint density at radius 2 is 2.00 bits per heavy atom. The van der Waals surface area contributed by atoms with Crippen LogP contribution in [0.25, 0.3) is 0 Å². The van der Waals surface area contributed by atoms with Crippen LogP contribution in [-0.4, -0.2) is 12.2 Å². The van der Waals surface area contributed by atoms with Crippen LogP contribution < -0.4 is 0 Å². The predicted molar refractivity (Wildman–Crippen MR) is 89.0 cm³/mol. The van der Waals surface area contributed by atoms with Gasteiger partial charge in [-0.25, -0.2) is 0 Å². The van der Waals surface area contributed by atoms with Gasteiger partial charge in [-0.3, -0.25) is 0 Å². The van der Waals surface area contributed by atoms with Gasteiger partial charge >= 0.3 is 0 Å². The Morgan fingerprint density at radius 1 is 1.30 bits per heavy atom. The highest BCUT2D eigenvalue weighted by atomic mass is 16.5. The highest BCUT2D eigenvalue weighted by Crippen LogP contribution is 2.33. The Bertz CT molecular complexity index is 283. The molecule has 1 aliphatic rings. The number of ether oxygens (including phenoxy) is 1. The van der Waals surface area contributed by atoms with Crippen molar-refractivity contribution in [3.05, 3.63) is 12.2 Å². The van der Waals surface area contributed by atoms with Gasteiger partial charge in [0.25, 0.3) is 0 Å². The molecular weight excluding hydrogens is 244 g/mol. The molecule has 1 nitrogen and oxygen atoms in total. The minimum Gasteiger partial charge on any atom is -0.375 e. The zero-order chi connectivity index (χ0) is 15.1. The molecule has 1 heterocycles. The van der Waals surface area contributed by atoms with Crippen LogP contribution in [0.3, 0.4) is 0 Å². The highest BCUT2D eigenvalue weighted by molar-refractivity contribution is 4.94. The van der Waals surface area contributed by atoms with Crippen molar-refractivity contribution in [1.82, 2.24) is 0 Å². The van der Waals surface area contributed by atoms with Gasteiger partial charge in [0.1, 0.15) is 0 Å². The van der Waals surface area contributed by atoms with Crippen LogP contribution in [-0.2, 0) is 4.74 Å². The Morgan fingerprint density at radius 3 is 2.60 bits per heavy atom. The van der Waals surface area contributed by atoms with Crippen molar-refractivity contribution in [2.24, 2.45) is 17.8 Å². The zero-order valence-electron chi connectivity index (χ0n) is 14.5. The average molecular weight is 280 g/mol. The topological polar surface area (TPSA) is 9.23 Å². The molecule has 0 aromatic carbocycles. The van der Waals surface area contributed by atoms with E-state index in [2.05, 4.69) is 41.2 Å². The summed E-state index contributed by atoms with van der Waals surface area (Å²) in [6.45, 7) is 15.5. The lowest BCUT2D eigenvalue weighted by atomic mass is 9.87. The van der Waals surface area contributed by atoms with Gasteiger partial charge in [-0.1, -0.05) is 52.7 Å². The van der Waals surface area contributed by atoms with E-state index in [1.807, 2.05) is 0 Å². The molecule has 5 atom stereocenters. The van der Waals surface area contributed by atoms with E-state index in [0.29, 0.717) is 18.1 Å². The van der Waals surface area contributed by atoms with E-state index in [4.69, 9.17) is 4.74 Å². The van der Waals surface area contributed by atoms with Gasteiger partial charge in [0.2, 0.25) is 0 Å². The van der Waals surface area contributed by atoms with Gasteiger partial charge in [-0.15, -0.1) is 0 Å². The predicted octanol–water partition coefficient (Wildman–Crippen LogP) is 5.99. The number of rotatable bonds is 9. The van der Waals surface area contributed by atoms with E-state index in [1.165, 1.54) is 50.5 Å². The van der Waals surface area contributed by atoms with E-state index < -0.39 is 0 Å². The fourth-order valence-electron chi connectivity index (χ4n) is 3.34. The third-order valence-electron chi connectivity index (χ3n) is 5.06. The lowest BCUT2D eigenvalue weighted by Crippen LogP contribution is -2.16. The molecule has 0 aromatic heterocycles. The van der Waals surface area contributed by atoms with E-state index >= 15 is 0 Å². The van der Waals surface area contributed by atoms with Crippen LogP contribution in [0.2, 0.25) is 0 Å². The fourth-order valence-corrected chi connectivity index (χ4v) is 3.34. The summed E-state index contributed by atoms with van der Waals surface area (Å²) in [5.74, 6) is 2.19. The minimum atomic E-state index is 0.513. The summed E-state index contributed by atoms with van der Waals surface area (Å²) in [4.78, 5) is 0. The molecule has 1 saturated heterocycles. The lowest BCUT2D eigenvalue weighted by molar-refractivity contribution is 0.0229. The van der Waals surface area contributed by atoms with E-state index in [1.54, 1.807) is 0 Å². The number of hydrogen-bond acceptors (Lipinski definition) is 1. The van der Waals surface area contributed by atoms with Crippen molar-refractivity contribution in [2.45, 2.75) is 91.8 Å². The quantitative estimate of drug-likeness (QED) is 0.471. The maximum atomic E-state index is 6.26. The molecule has 0 aliphatic carbocycles. The molecule has 0 bridgehead atoms. The van der Waals surface area contributed by atoms with E-state index in [9.17, 15) is 0 Å². The van der Waals surface area contributed by atoms with Crippen LogP contribution in [0.5, 0.6) is 0 Å². The van der Waals surface area contributed by atoms with Crippen molar-refractivity contribution in [3.8, 4) is 0 Å². The average Bonchev–Trinajstić information content (AvgIpc) is 2.74. The van der Waals surface area contributed by atoms with Gasteiger partial charge in [-0.2, -0.15) is 0 Å². The maximum Gasteiger partial charge on any atom is 0.0605 e. The second kappa shape index (κ2) is 8.87. The molecule has 0 spiro atoms. The fraction of sp³-hybridized carbons (Fsp3) is 0.895. The molecule has 1 rings (SSSR count). The number of unbranched alkanes of at least 4 members (excludes halogenated alkanes) is 1. The SMILES string of the molecule is C=C(C)C(C)CC(C)CCC1O[C@@H](CCCC)CC1C. The first kappa shape index (κ1) is 17.8. The molecule has 1 heteroatoms. The van der Waals surface area contributed by atoms with Crippen LogP contribution >= 0.6 is 0 Å². The van der Waals surface area contributed by atoms with E-state index in [0.717, 1.165) is 11.8 Å². The van der Waals surface area contributed by atoms with Crippen molar-refractivity contribution < 1.29 is 4.74 Å². The van der Waals surface area contributed by atoms with Crippen LogP contribution in [0, 0.1) is 17.8 Å². The minimum absolute atomic E-state index is 0.513. The van der Waals surface area contributed by atoms with Gasteiger partial charge in [-0.05, 0) is 56.8 Å². The summed E-state index contributed by atoms with van der Waals surface area (Å²) in [5, 5.41) is 0. The Kier molecular flexibility index (Phi) is 7.87. The number of hydrogen-bond donors (Lipinski definition) is 0. The largest absolute Gasteiger partial charge is 0.375 e. The summed E-state index contributed by atoms with van der Waals surface area (Å²) >= 11 is 0. The molecule has 0 aromatic rings. The Hall–Kier alpha value is -0.300. The molecule has 0 radical (unpaired) electrons. The Labute approximate surface area is 127 Å². The van der Waals surface area contributed by atoms with Gasteiger partial charge in [0.15, 0.2) is 0 Å². The number of allylic oxidation sites excluding steroid dienone is 1. The first-order chi connectivity index (χ1) is 9.43. The molecule has 1 fully saturated rings. The molecular formula is C19H36O. The van der Waals surface area contributed by atoms with Crippen LogP contribution in [0.4, 0.5) is 0 Å². The van der Waals surface area contributed by atoms with Crippen molar-refractivity contribution in [3.63, 3.8) is 0 Å². The monoisotopic (exact) mass is 280 g/mol. The highest BCUT2D eigenvalue weighted by Gasteiger charge is 2.31. The van der Waals surface area contributed by atoms with Crippen molar-refractivity contribution in [1.29, 1.82) is 0 Å². The maximum absolute atomic E-state index is 6.26. The molecule has 0 amide bonds. The van der Waals surface area contributed by atoms with E-state index in [-0.39, 0.29) is 0 Å². The first-order valence-electron chi connectivity index (χ1n) is 8.74. The summed E-state index contributed by atoms with van der Waals surface area (Å²) in [7, 11) is 0. The smallest absolute Gasteiger partial charge is 0.0605 e. The second-order valence-electron chi connectivity index (χ2n) is 7.32. The Balaban J connectivity index is 2.25. The summed E-state index contributed by atoms with van der Waals surface area (Å²) in [5.41, 5.74) is 1.32. The molecule has 1 aliphatic heterocycles. The molecule has 118 valence electrons. The van der Waals surface area contributed by atoms with Crippen molar-refractivity contribution >= 4 is 0 Å². The van der Waals surface area contributed by atoms with Gasteiger partial charge < -0.3 is 4.74 Å². The van der Waals surface area contributed by atoms with Crippen molar-refractivity contribution in [2.75, 3.05) is 0 Å². The van der Waals surface area contributed by atoms with Crippen LogP contribution in [0.15, 0.2) is 12.2 Å². The normalized spacial score (nSPS) is 29.4.